The third-order valence-corrected chi connectivity index (χ3v) is 5.28. The van der Waals surface area contributed by atoms with Crippen LogP contribution in [0.3, 0.4) is 0 Å². The van der Waals surface area contributed by atoms with E-state index in [0.29, 0.717) is 17.3 Å². The summed E-state index contributed by atoms with van der Waals surface area (Å²) in [5.74, 6) is 1.29. The number of hydrogen-bond donors (Lipinski definition) is 1. The van der Waals surface area contributed by atoms with Gasteiger partial charge in [-0.3, -0.25) is 4.79 Å². The molecule has 1 atom stereocenters. The zero-order valence-electron chi connectivity index (χ0n) is 13.4. The van der Waals surface area contributed by atoms with E-state index in [2.05, 4.69) is 22.4 Å². The van der Waals surface area contributed by atoms with Crippen molar-refractivity contribution in [2.75, 3.05) is 0 Å². The van der Waals surface area contributed by atoms with E-state index in [0.717, 1.165) is 17.7 Å². The van der Waals surface area contributed by atoms with Crippen LogP contribution in [0, 0.1) is 6.92 Å². The van der Waals surface area contributed by atoms with E-state index < -0.39 is 0 Å². The number of oxazole rings is 1. The van der Waals surface area contributed by atoms with Crippen molar-refractivity contribution in [3.8, 4) is 10.8 Å². The molecule has 0 aliphatic heterocycles. The molecule has 4 rings (SSSR count). The second kappa shape index (κ2) is 6.24. The number of nitrogens with zero attached hydrogens (tertiary/aromatic N) is 1. The van der Waals surface area contributed by atoms with E-state index in [4.69, 9.17) is 4.42 Å². The van der Waals surface area contributed by atoms with E-state index in [-0.39, 0.29) is 18.4 Å². The number of aryl methyl sites for hydroxylation is 2. The van der Waals surface area contributed by atoms with Crippen LogP contribution in [-0.2, 0) is 17.6 Å². The van der Waals surface area contributed by atoms with Gasteiger partial charge in [0.05, 0.1) is 23.0 Å². The van der Waals surface area contributed by atoms with Crippen LogP contribution in [-0.4, -0.2) is 10.9 Å². The summed E-state index contributed by atoms with van der Waals surface area (Å²) in [4.78, 5) is 17.9. The molecule has 122 valence electrons. The molecular formula is C19H18N2O2S. The molecule has 2 aromatic heterocycles. The summed E-state index contributed by atoms with van der Waals surface area (Å²) in [5, 5.41) is 5.12. The first kappa shape index (κ1) is 15.1. The minimum absolute atomic E-state index is 0.00849. The lowest BCUT2D eigenvalue weighted by Crippen LogP contribution is -2.28. The summed E-state index contributed by atoms with van der Waals surface area (Å²) in [5.41, 5.74) is 3.28. The van der Waals surface area contributed by atoms with Gasteiger partial charge in [0.1, 0.15) is 5.76 Å². The number of rotatable bonds is 4. The molecule has 0 radical (unpaired) electrons. The van der Waals surface area contributed by atoms with E-state index >= 15 is 0 Å². The van der Waals surface area contributed by atoms with Crippen molar-refractivity contribution in [3.63, 3.8) is 0 Å². The largest absolute Gasteiger partial charge is 0.440 e. The molecule has 1 aliphatic rings. The topological polar surface area (TPSA) is 55.1 Å². The van der Waals surface area contributed by atoms with Crippen molar-refractivity contribution in [1.82, 2.24) is 10.3 Å². The van der Waals surface area contributed by atoms with Crippen molar-refractivity contribution in [1.29, 1.82) is 0 Å². The molecule has 1 N–H and O–H groups in total. The van der Waals surface area contributed by atoms with Crippen LogP contribution in [0.25, 0.3) is 10.8 Å². The van der Waals surface area contributed by atoms with Gasteiger partial charge in [-0.25, -0.2) is 4.98 Å². The Balaban J connectivity index is 1.46. The fraction of sp³-hybridized carbons (Fsp3) is 0.263. The molecular weight excluding hydrogens is 320 g/mol. The van der Waals surface area contributed by atoms with Crippen LogP contribution in [0.15, 0.2) is 46.2 Å². The summed E-state index contributed by atoms with van der Waals surface area (Å²) in [6, 6.07) is 12.4. The van der Waals surface area contributed by atoms with Crippen molar-refractivity contribution in [2.24, 2.45) is 0 Å². The van der Waals surface area contributed by atoms with Gasteiger partial charge in [-0.15, -0.1) is 11.3 Å². The molecule has 3 aromatic rings. The third-order valence-electron chi connectivity index (χ3n) is 4.42. The lowest BCUT2D eigenvalue weighted by atomic mass is 10.1. The Labute approximate surface area is 144 Å². The fourth-order valence-electron chi connectivity index (χ4n) is 3.20. The number of aromatic nitrogens is 1. The summed E-state index contributed by atoms with van der Waals surface area (Å²) in [6.45, 7) is 1.86. The molecule has 0 saturated heterocycles. The number of thiophene rings is 1. The molecule has 0 spiro atoms. The number of carbonyl (C=O) groups excluding carboxylic acids is 1. The number of benzene rings is 1. The Hall–Kier alpha value is -2.40. The van der Waals surface area contributed by atoms with Crippen LogP contribution in [0.2, 0.25) is 0 Å². The highest BCUT2D eigenvalue weighted by Crippen LogP contribution is 2.31. The van der Waals surface area contributed by atoms with Gasteiger partial charge in [0, 0.05) is 0 Å². The van der Waals surface area contributed by atoms with E-state index in [1.807, 2.05) is 36.6 Å². The van der Waals surface area contributed by atoms with Crippen molar-refractivity contribution in [2.45, 2.75) is 32.2 Å². The first-order valence-electron chi connectivity index (χ1n) is 8.08. The maximum absolute atomic E-state index is 12.4. The average Bonchev–Trinajstić information content (AvgIpc) is 3.29. The van der Waals surface area contributed by atoms with E-state index in [1.54, 1.807) is 11.3 Å². The zero-order valence-corrected chi connectivity index (χ0v) is 14.2. The minimum Gasteiger partial charge on any atom is -0.440 e. The summed E-state index contributed by atoms with van der Waals surface area (Å²) in [6.07, 6.45) is 2.23. The Morgan fingerprint density at radius 1 is 1.33 bits per heavy atom. The summed E-state index contributed by atoms with van der Waals surface area (Å²) < 4.78 is 5.71. The lowest BCUT2D eigenvalue weighted by molar-refractivity contribution is -0.121. The van der Waals surface area contributed by atoms with Gasteiger partial charge in [-0.2, -0.15) is 0 Å². The van der Waals surface area contributed by atoms with Gasteiger partial charge in [0.15, 0.2) is 0 Å². The normalized spacial score (nSPS) is 16.1. The van der Waals surface area contributed by atoms with E-state index in [1.165, 1.54) is 11.1 Å². The number of fused-ring (bicyclic) bond motifs is 1. The second-order valence-electron chi connectivity index (χ2n) is 6.03. The smallest absolute Gasteiger partial charge is 0.236 e. The predicted octanol–water partition coefficient (Wildman–Crippen LogP) is 4.06. The molecule has 24 heavy (non-hydrogen) atoms. The molecule has 5 heteroatoms. The maximum atomic E-state index is 12.4. The molecule has 1 aromatic carbocycles. The van der Waals surface area contributed by atoms with Gasteiger partial charge >= 0.3 is 0 Å². The van der Waals surface area contributed by atoms with Gasteiger partial charge in [-0.1, -0.05) is 30.3 Å². The molecule has 2 heterocycles. The molecule has 4 nitrogen and oxygen atoms in total. The molecule has 1 aliphatic carbocycles. The molecule has 0 bridgehead atoms. The van der Waals surface area contributed by atoms with Gasteiger partial charge in [0.2, 0.25) is 11.8 Å². The molecule has 0 saturated carbocycles. The number of hydrogen-bond acceptors (Lipinski definition) is 4. The van der Waals surface area contributed by atoms with Crippen LogP contribution < -0.4 is 5.32 Å². The standard InChI is InChI=1S/C19H18N2O2S/c1-12-16(21-19(23-12)17-7-4-10-24-17)11-18(22)20-15-9-8-13-5-2-3-6-14(13)15/h2-7,10,15H,8-9,11H2,1H3,(H,20,22). The van der Waals surface area contributed by atoms with Crippen molar-refractivity contribution >= 4 is 17.2 Å². The Morgan fingerprint density at radius 3 is 3.04 bits per heavy atom. The quantitative estimate of drug-likeness (QED) is 0.780. The third kappa shape index (κ3) is 2.87. The first-order chi connectivity index (χ1) is 11.7. The lowest BCUT2D eigenvalue weighted by Gasteiger charge is -2.13. The Bertz CT molecular complexity index is 867. The second-order valence-corrected chi connectivity index (χ2v) is 6.98. The van der Waals surface area contributed by atoms with Crippen LogP contribution >= 0.6 is 11.3 Å². The number of nitrogens with one attached hydrogen (secondary N) is 1. The Morgan fingerprint density at radius 2 is 2.21 bits per heavy atom. The van der Waals surface area contributed by atoms with Gasteiger partial charge < -0.3 is 9.73 Å². The van der Waals surface area contributed by atoms with Gasteiger partial charge in [-0.05, 0) is 42.3 Å². The summed E-state index contributed by atoms with van der Waals surface area (Å²) in [7, 11) is 0. The average molecular weight is 338 g/mol. The van der Waals surface area contributed by atoms with Crippen molar-refractivity contribution in [3.05, 3.63) is 64.4 Å². The minimum atomic E-state index is -0.00849. The predicted molar refractivity (Wildman–Crippen MR) is 93.9 cm³/mol. The van der Waals surface area contributed by atoms with E-state index in [9.17, 15) is 4.79 Å². The number of carbonyl (C=O) groups is 1. The number of amides is 1. The highest BCUT2D eigenvalue weighted by atomic mass is 32.1. The SMILES string of the molecule is Cc1oc(-c2cccs2)nc1CC(=O)NC1CCc2ccccc21. The highest BCUT2D eigenvalue weighted by Gasteiger charge is 2.24. The summed E-state index contributed by atoms with van der Waals surface area (Å²) >= 11 is 1.58. The highest BCUT2D eigenvalue weighted by molar-refractivity contribution is 7.13. The van der Waals surface area contributed by atoms with Crippen LogP contribution in [0.1, 0.15) is 35.0 Å². The maximum Gasteiger partial charge on any atom is 0.236 e. The first-order valence-corrected chi connectivity index (χ1v) is 8.96. The van der Waals surface area contributed by atoms with Crippen molar-refractivity contribution < 1.29 is 9.21 Å². The molecule has 0 fully saturated rings. The molecule has 1 amide bonds. The Kier molecular flexibility index (Phi) is 3.94. The molecule has 1 unspecified atom stereocenters. The van der Waals surface area contributed by atoms with Crippen LogP contribution in [0.4, 0.5) is 0 Å². The fourth-order valence-corrected chi connectivity index (χ4v) is 3.85. The van der Waals surface area contributed by atoms with Gasteiger partial charge in [0.25, 0.3) is 0 Å². The monoisotopic (exact) mass is 338 g/mol. The zero-order chi connectivity index (χ0) is 16.5. The van der Waals surface area contributed by atoms with Crippen LogP contribution in [0.5, 0.6) is 0 Å².